The maximum absolute atomic E-state index is 16.6. The molecule has 1 spiro atoms. The third kappa shape index (κ3) is 9.31. The van der Waals surface area contributed by atoms with Crippen LogP contribution < -0.4 is 15.0 Å². The molecule has 10 rings (SSSR count). The van der Waals surface area contributed by atoms with Crippen LogP contribution in [0.1, 0.15) is 88.9 Å². The van der Waals surface area contributed by atoms with E-state index in [0.29, 0.717) is 39.1 Å². The standard InChI is InChI=1S/C59H52N4O11/c64-33-34-72-46-30-26-44(27-31-46)54-59(47-35-39(22-21-38-13-5-1-6-14-38)25-32-48(47)61(57(59)68)58(69)73-37-40-23-28-45(29-24-40)63(70)71)50(55(66)60-36-49(65)41-15-7-2-8-16-41)52-56(67)74-53(43-19-11-4-12-20-43)51(62(52)54)42-17-9-3-10-18-42/h2-4,7-13,15-20,23-32,35,49-54,64-65H,1,5-6,14,33-34,36-37H2,(H,60,66)/t49-,50-,51-,52-,53+,54+,59-/m0/s1. The Bertz CT molecular complexity index is 3160. The summed E-state index contributed by atoms with van der Waals surface area (Å²) in [5.41, 5.74) is 2.18. The number of amides is 3. The van der Waals surface area contributed by atoms with Crippen molar-refractivity contribution in [1.82, 2.24) is 10.2 Å². The second kappa shape index (κ2) is 21.3. The van der Waals surface area contributed by atoms with Crippen molar-refractivity contribution in [3.8, 4) is 17.6 Å². The summed E-state index contributed by atoms with van der Waals surface area (Å²) in [4.78, 5) is 76.6. The molecule has 6 aromatic rings. The first-order valence-electron chi connectivity index (χ1n) is 24.6. The topological polar surface area (TPSA) is 198 Å². The van der Waals surface area contributed by atoms with E-state index < -0.39 is 70.5 Å². The lowest BCUT2D eigenvalue weighted by Gasteiger charge is -2.46. The van der Waals surface area contributed by atoms with E-state index in [4.69, 9.17) is 14.2 Å². The molecule has 2 saturated heterocycles. The minimum absolute atomic E-state index is 0.00217. The number of aliphatic hydroxyl groups is 2. The lowest BCUT2D eigenvalue weighted by atomic mass is 9.65. The fourth-order valence-corrected chi connectivity index (χ4v) is 11.0. The summed E-state index contributed by atoms with van der Waals surface area (Å²) in [7, 11) is 0. The van der Waals surface area contributed by atoms with Gasteiger partial charge in [-0.1, -0.05) is 121 Å². The zero-order valence-electron chi connectivity index (χ0n) is 40.1. The predicted octanol–water partition coefficient (Wildman–Crippen LogP) is 8.67. The van der Waals surface area contributed by atoms with E-state index in [1.165, 1.54) is 24.3 Å². The minimum Gasteiger partial charge on any atom is -0.491 e. The average Bonchev–Trinajstić information content (AvgIpc) is 3.97. The summed E-state index contributed by atoms with van der Waals surface area (Å²) in [5.74, 6) is 2.92. The number of ether oxygens (including phenoxy) is 3. The maximum Gasteiger partial charge on any atom is 0.421 e. The van der Waals surface area contributed by atoms with Gasteiger partial charge in [-0.15, -0.1) is 0 Å². The number of nitro benzene ring substituents is 1. The molecule has 6 aromatic carbocycles. The zero-order chi connectivity index (χ0) is 51.3. The number of carbonyl (C=O) groups excluding carboxylic acids is 4. The Morgan fingerprint density at radius 2 is 1.51 bits per heavy atom. The number of nitrogens with one attached hydrogen (secondary N) is 1. The molecule has 0 unspecified atom stereocenters. The normalized spacial score (nSPS) is 22.3. The first-order chi connectivity index (χ1) is 36.1. The van der Waals surface area contributed by atoms with Gasteiger partial charge in [-0.3, -0.25) is 29.4 Å². The van der Waals surface area contributed by atoms with Crippen molar-refractivity contribution in [2.24, 2.45) is 5.92 Å². The SMILES string of the molecule is O=C1O[C@H](c2ccccc2)[C@H](c2ccccc2)N2[C@H]1[C@@H](C(=O)NC[C@H](O)c1ccccc1)[C@]1(C(=O)N(C(=O)OCc3ccc([N+](=O)[O-])cc3)c3ccc(C#CC4=CCCCC4)cc31)[C@H]2c1ccc(OCCO)cc1. The molecule has 0 bridgehead atoms. The van der Waals surface area contributed by atoms with E-state index in [-0.39, 0.29) is 43.3 Å². The van der Waals surface area contributed by atoms with Crippen LogP contribution in [0.25, 0.3) is 0 Å². The first kappa shape index (κ1) is 49.2. The van der Waals surface area contributed by atoms with E-state index >= 15 is 14.4 Å². The van der Waals surface area contributed by atoms with Crippen molar-refractivity contribution >= 4 is 35.3 Å². The van der Waals surface area contributed by atoms with Crippen LogP contribution >= 0.6 is 0 Å². The number of rotatable bonds is 13. The van der Waals surface area contributed by atoms with E-state index in [1.54, 1.807) is 72.8 Å². The third-order valence-corrected chi connectivity index (χ3v) is 14.3. The van der Waals surface area contributed by atoms with Crippen molar-refractivity contribution in [3.05, 3.63) is 218 Å². The number of non-ortho nitro benzene ring substituents is 1. The number of allylic oxidation sites excluding steroid dienone is 2. The van der Waals surface area contributed by atoms with Gasteiger partial charge in [-0.2, -0.15) is 0 Å². The second-order valence-electron chi connectivity index (χ2n) is 18.7. The van der Waals surface area contributed by atoms with Crippen molar-refractivity contribution in [2.75, 3.05) is 24.7 Å². The van der Waals surface area contributed by atoms with Gasteiger partial charge in [-0.25, -0.2) is 9.69 Å². The van der Waals surface area contributed by atoms with E-state index in [2.05, 4.69) is 23.2 Å². The van der Waals surface area contributed by atoms with Gasteiger partial charge in [0.2, 0.25) is 11.8 Å². The Balaban J connectivity index is 1.21. The molecule has 0 radical (unpaired) electrons. The molecule has 0 aromatic heterocycles. The number of anilines is 1. The molecule has 7 atom stereocenters. The predicted molar refractivity (Wildman–Crippen MR) is 272 cm³/mol. The molecule has 3 aliphatic heterocycles. The number of nitro groups is 1. The molecule has 2 fully saturated rings. The summed E-state index contributed by atoms with van der Waals surface area (Å²) in [6.07, 6.45) is 2.58. The molecule has 374 valence electrons. The lowest BCUT2D eigenvalue weighted by molar-refractivity contribution is -0.384. The quantitative estimate of drug-likeness (QED) is 0.0432. The minimum atomic E-state index is -2.15. The molecule has 3 N–H and O–H groups in total. The van der Waals surface area contributed by atoms with Crippen molar-refractivity contribution in [1.29, 1.82) is 0 Å². The number of carbonyl (C=O) groups is 4. The fourth-order valence-electron chi connectivity index (χ4n) is 11.0. The van der Waals surface area contributed by atoms with Crippen LogP contribution in [0.4, 0.5) is 16.2 Å². The largest absolute Gasteiger partial charge is 0.491 e. The summed E-state index contributed by atoms with van der Waals surface area (Å²) in [5, 5.41) is 35.5. The molecule has 1 aliphatic carbocycles. The van der Waals surface area contributed by atoms with E-state index in [9.17, 15) is 25.1 Å². The number of cyclic esters (lactones) is 1. The molecule has 3 amide bonds. The van der Waals surface area contributed by atoms with E-state index in [1.807, 2.05) is 65.6 Å². The smallest absolute Gasteiger partial charge is 0.421 e. The third-order valence-electron chi connectivity index (χ3n) is 14.3. The summed E-state index contributed by atoms with van der Waals surface area (Å²) in [6.45, 7) is -0.930. The van der Waals surface area contributed by atoms with Crippen LogP contribution in [0.15, 0.2) is 169 Å². The summed E-state index contributed by atoms with van der Waals surface area (Å²) in [6, 6.07) is 41.1. The number of nitrogens with zero attached hydrogens (tertiary/aromatic N) is 3. The van der Waals surface area contributed by atoms with Crippen molar-refractivity contribution < 1.29 is 48.5 Å². The molecular formula is C59H52N4O11. The van der Waals surface area contributed by atoms with Gasteiger partial charge in [0.1, 0.15) is 36.5 Å². The van der Waals surface area contributed by atoms with Crippen LogP contribution in [0, 0.1) is 27.9 Å². The molecule has 0 saturated carbocycles. The zero-order valence-corrected chi connectivity index (χ0v) is 40.1. The highest BCUT2D eigenvalue weighted by molar-refractivity contribution is 6.23. The van der Waals surface area contributed by atoms with Crippen LogP contribution in [0.3, 0.4) is 0 Å². The van der Waals surface area contributed by atoms with Gasteiger partial charge in [0.15, 0.2) is 0 Å². The van der Waals surface area contributed by atoms with Gasteiger partial charge < -0.3 is 29.7 Å². The Kier molecular flexibility index (Phi) is 14.2. The van der Waals surface area contributed by atoms with Gasteiger partial charge in [0, 0.05) is 24.2 Å². The molecule has 4 aliphatic rings. The van der Waals surface area contributed by atoms with Crippen LogP contribution in [0.2, 0.25) is 0 Å². The Hall–Kier alpha value is -8.42. The molecule has 74 heavy (non-hydrogen) atoms. The maximum atomic E-state index is 16.6. The monoisotopic (exact) mass is 992 g/mol. The molecule has 15 nitrogen and oxygen atoms in total. The molecule has 15 heteroatoms. The fraction of sp³-hybridized carbons (Fsp3) is 0.254. The number of fused-ring (bicyclic) bond motifs is 3. The van der Waals surface area contributed by atoms with Gasteiger partial charge in [0.25, 0.3) is 5.69 Å². The summed E-state index contributed by atoms with van der Waals surface area (Å²) >= 11 is 0. The number of imide groups is 1. The number of hydrogen-bond donors (Lipinski definition) is 3. The first-order valence-corrected chi connectivity index (χ1v) is 24.6. The molecule has 3 heterocycles. The van der Waals surface area contributed by atoms with Crippen molar-refractivity contribution in [3.63, 3.8) is 0 Å². The van der Waals surface area contributed by atoms with Gasteiger partial charge in [0.05, 0.1) is 41.3 Å². The number of hydrogen-bond acceptors (Lipinski definition) is 12. The second-order valence-corrected chi connectivity index (χ2v) is 18.7. The van der Waals surface area contributed by atoms with Gasteiger partial charge in [-0.05, 0) is 107 Å². The van der Waals surface area contributed by atoms with Crippen LogP contribution in [-0.2, 0) is 35.9 Å². The van der Waals surface area contributed by atoms with Crippen molar-refractivity contribution in [2.45, 2.75) is 68.0 Å². The summed E-state index contributed by atoms with van der Waals surface area (Å²) < 4.78 is 18.3. The number of esters is 1. The molecular weight excluding hydrogens is 941 g/mol. The van der Waals surface area contributed by atoms with Crippen LogP contribution in [0.5, 0.6) is 5.75 Å². The van der Waals surface area contributed by atoms with Crippen LogP contribution in [-0.4, -0.2) is 69.7 Å². The van der Waals surface area contributed by atoms with Gasteiger partial charge >= 0.3 is 12.1 Å². The van der Waals surface area contributed by atoms with E-state index in [0.717, 1.165) is 36.2 Å². The Morgan fingerprint density at radius 1 is 0.824 bits per heavy atom. The average molecular weight is 993 g/mol. The highest BCUT2D eigenvalue weighted by Crippen LogP contribution is 2.66. The lowest BCUT2D eigenvalue weighted by Crippen LogP contribution is -2.56. The Labute approximate surface area is 427 Å². The number of morpholine rings is 1. The Morgan fingerprint density at radius 3 is 2.18 bits per heavy atom. The number of benzene rings is 6. The number of aliphatic hydroxyl groups excluding tert-OH is 2. The highest BCUT2D eigenvalue weighted by atomic mass is 16.6. The highest BCUT2D eigenvalue weighted by Gasteiger charge is 2.75.